The van der Waals surface area contributed by atoms with Crippen LogP contribution in [-0.2, 0) is 13.0 Å². The molecule has 0 fully saturated rings. The molecule has 0 spiro atoms. The third-order valence-corrected chi connectivity index (χ3v) is 2.75. The smallest absolute Gasteiger partial charge is 0.108 e. The topological polar surface area (TPSA) is 41.6 Å². The van der Waals surface area contributed by atoms with Crippen LogP contribution in [0.5, 0.6) is 0 Å². The van der Waals surface area contributed by atoms with Crippen LogP contribution in [0.3, 0.4) is 0 Å². The zero-order chi connectivity index (χ0) is 12.1. The predicted octanol–water partition coefficient (Wildman–Crippen LogP) is 2.76. The fourth-order valence-electron chi connectivity index (χ4n) is 1.89. The Balaban J connectivity index is 2.26. The summed E-state index contributed by atoms with van der Waals surface area (Å²) >= 11 is 0. The summed E-state index contributed by atoms with van der Waals surface area (Å²) in [4.78, 5) is 4.34. The van der Waals surface area contributed by atoms with Crippen LogP contribution >= 0.6 is 0 Å². The van der Waals surface area contributed by atoms with Crippen molar-refractivity contribution in [1.29, 1.82) is 5.26 Å². The second-order valence-corrected chi connectivity index (χ2v) is 3.99. The van der Waals surface area contributed by atoms with Gasteiger partial charge in [0, 0.05) is 18.8 Å². The van der Waals surface area contributed by atoms with Gasteiger partial charge >= 0.3 is 0 Å². The lowest BCUT2D eigenvalue weighted by Crippen LogP contribution is -2.05. The van der Waals surface area contributed by atoms with Crippen LogP contribution in [0, 0.1) is 11.3 Å². The molecule has 0 aliphatic heterocycles. The molecule has 2 rings (SSSR count). The molecule has 0 saturated heterocycles. The molecule has 0 bridgehead atoms. The Morgan fingerprint density at radius 1 is 1.35 bits per heavy atom. The zero-order valence-corrected chi connectivity index (χ0v) is 9.93. The van der Waals surface area contributed by atoms with Gasteiger partial charge in [0.25, 0.3) is 0 Å². The van der Waals surface area contributed by atoms with E-state index >= 15 is 0 Å². The van der Waals surface area contributed by atoms with Gasteiger partial charge in [-0.25, -0.2) is 4.98 Å². The minimum Gasteiger partial charge on any atom is -0.330 e. The van der Waals surface area contributed by atoms with E-state index in [0.29, 0.717) is 0 Å². The molecule has 0 aliphatic carbocycles. The number of benzene rings is 1. The van der Waals surface area contributed by atoms with Crippen LogP contribution in [0.4, 0.5) is 0 Å². The third-order valence-electron chi connectivity index (χ3n) is 2.75. The highest BCUT2D eigenvalue weighted by Gasteiger charge is 2.05. The van der Waals surface area contributed by atoms with Gasteiger partial charge in [0.1, 0.15) is 5.82 Å². The standard InChI is InChI=1S/C14H15N3/c1-2-5-14-16-8-9-17(14)11-13-7-4-3-6-12(13)10-15/h3-4,6-9H,2,5,11H2,1H3. The lowest BCUT2D eigenvalue weighted by molar-refractivity contribution is 0.704. The lowest BCUT2D eigenvalue weighted by atomic mass is 10.1. The maximum absolute atomic E-state index is 9.04. The van der Waals surface area contributed by atoms with Crippen molar-refractivity contribution in [2.24, 2.45) is 0 Å². The van der Waals surface area contributed by atoms with Crippen LogP contribution in [0.15, 0.2) is 36.7 Å². The third kappa shape index (κ3) is 2.54. The Morgan fingerprint density at radius 3 is 2.94 bits per heavy atom. The molecule has 0 saturated carbocycles. The van der Waals surface area contributed by atoms with E-state index in [0.717, 1.165) is 36.3 Å². The fourth-order valence-corrected chi connectivity index (χ4v) is 1.89. The Hall–Kier alpha value is -2.08. The average molecular weight is 225 g/mol. The molecule has 2 aromatic rings. The molecule has 1 heterocycles. The van der Waals surface area contributed by atoms with Crippen LogP contribution in [-0.4, -0.2) is 9.55 Å². The summed E-state index contributed by atoms with van der Waals surface area (Å²) in [6.07, 6.45) is 5.84. The molecular weight excluding hydrogens is 210 g/mol. The summed E-state index contributed by atoms with van der Waals surface area (Å²) in [5.41, 5.74) is 1.79. The SMILES string of the molecule is CCCc1nccn1Cc1ccccc1C#N. The van der Waals surface area contributed by atoms with Gasteiger partial charge in [-0.3, -0.25) is 0 Å². The maximum Gasteiger partial charge on any atom is 0.108 e. The normalized spacial score (nSPS) is 10.1. The fraction of sp³-hybridized carbons (Fsp3) is 0.286. The summed E-state index contributed by atoms with van der Waals surface area (Å²) in [5, 5.41) is 9.04. The Labute approximate surface area is 101 Å². The van der Waals surface area contributed by atoms with Crippen molar-refractivity contribution in [3.8, 4) is 6.07 Å². The van der Waals surface area contributed by atoms with Gasteiger partial charge in [0.2, 0.25) is 0 Å². The second kappa shape index (κ2) is 5.31. The van der Waals surface area contributed by atoms with Crippen molar-refractivity contribution in [2.75, 3.05) is 0 Å². The maximum atomic E-state index is 9.04. The summed E-state index contributed by atoms with van der Waals surface area (Å²) in [6.45, 7) is 2.86. The van der Waals surface area contributed by atoms with Crippen molar-refractivity contribution in [3.63, 3.8) is 0 Å². The number of imidazole rings is 1. The number of aryl methyl sites for hydroxylation is 1. The van der Waals surface area contributed by atoms with E-state index in [9.17, 15) is 0 Å². The second-order valence-electron chi connectivity index (χ2n) is 3.99. The lowest BCUT2D eigenvalue weighted by Gasteiger charge is -2.08. The zero-order valence-electron chi connectivity index (χ0n) is 9.93. The predicted molar refractivity (Wildman–Crippen MR) is 66.5 cm³/mol. The molecule has 0 unspecified atom stereocenters. The number of aromatic nitrogens is 2. The van der Waals surface area contributed by atoms with Crippen molar-refractivity contribution in [3.05, 3.63) is 53.6 Å². The first-order valence-electron chi connectivity index (χ1n) is 5.83. The van der Waals surface area contributed by atoms with Gasteiger partial charge < -0.3 is 4.57 Å². The van der Waals surface area contributed by atoms with Gasteiger partial charge in [-0.15, -0.1) is 0 Å². The molecule has 3 heteroatoms. The quantitative estimate of drug-likeness (QED) is 0.802. The highest BCUT2D eigenvalue weighted by Crippen LogP contribution is 2.11. The van der Waals surface area contributed by atoms with Crippen LogP contribution < -0.4 is 0 Å². The summed E-state index contributed by atoms with van der Waals surface area (Å²) in [5.74, 6) is 1.08. The molecule has 3 nitrogen and oxygen atoms in total. The molecular formula is C14H15N3. The van der Waals surface area contributed by atoms with Crippen molar-refractivity contribution in [2.45, 2.75) is 26.3 Å². The molecule has 17 heavy (non-hydrogen) atoms. The van der Waals surface area contributed by atoms with Crippen LogP contribution in [0.2, 0.25) is 0 Å². The first-order valence-corrected chi connectivity index (χ1v) is 5.83. The Morgan fingerprint density at radius 2 is 2.18 bits per heavy atom. The number of rotatable bonds is 4. The van der Waals surface area contributed by atoms with Crippen molar-refractivity contribution >= 4 is 0 Å². The minimum absolute atomic E-state index is 0.721. The number of hydrogen-bond donors (Lipinski definition) is 0. The van der Waals surface area contributed by atoms with Crippen LogP contribution in [0.1, 0.15) is 30.3 Å². The number of hydrogen-bond acceptors (Lipinski definition) is 2. The summed E-state index contributed by atoms with van der Waals surface area (Å²) < 4.78 is 2.11. The molecule has 1 aromatic heterocycles. The average Bonchev–Trinajstić information content (AvgIpc) is 2.78. The monoisotopic (exact) mass is 225 g/mol. The Kier molecular flexibility index (Phi) is 3.56. The van der Waals surface area contributed by atoms with E-state index in [-0.39, 0.29) is 0 Å². The molecule has 0 amide bonds. The molecule has 0 radical (unpaired) electrons. The minimum atomic E-state index is 0.721. The number of nitriles is 1. The van der Waals surface area contributed by atoms with Gasteiger partial charge in [0.15, 0.2) is 0 Å². The van der Waals surface area contributed by atoms with E-state index in [1.54, 1.807) is 0 Å². The van der Waals surface area contributed by atoms with E-state index in [2.05, 4.69) is 22.5 Å². The van der Waals surface area contributed by atoms with Gasteiger partial charge in [-0.2, -0.15) is 5.26 Å². The summed E-state index contributed by atoms with van der Waals surface area (Å²) in [7, 11) is 0. The largest absolute Gasteiger partial charge is 0.330 e. The molecule has 86 valence electrons. The Bertz CT molecular complexity index is 534. The van der Waals surface area contributed by atoms with Crippen LogP contribution in [0.25, 0.3) is 0 Å². The van der Waals surface area contributed by atoms with E-state index in [1.807, 2.05) is 36.7 Å². The summed E-state index contributed by atoms with van der Waals surface area (Å²) in [6, 6.07) is 9.93. The van der Waals surface area contributed by atoms with Crippen molar-refractivity contribution in [1.82, 2.24) is 9.55 Å². The van der Waals surface area contributed by atoms with E-state index in [1.165, 1.54) is 0 Å². The molecule has 1 aromatic carbocycles. The van der Waals surface area contributed by atoms with Gasteiger partial charge in [-0.1, -0.05) is 25.1 Å². The van der Waals surface area contributed by atoms with E-state index < -0.39 is 0 Å². The molecule has 0 aliphatic rings. The highest BCUT2D eigenvalue weighted by molar-refractivity contribution is 5.37. The number of nitrogens with zero attached hydrogens (tertiary/aromatic N) is 3. The molecule has 0 atom stereocenters. The first kappa shape index (κ1) is 11.4. The van der Waals surface area contributed by atoms with Gasteiger partial charge in [0.05, 0.1) is 18.2 Å². The highest BCUT2D eigenvalue weighted by atomic mass is 15.1. The van der Waals surface area contributed by atoms with Gasteiger partial charge in [-0.05, 0) is 18.1 Å². The first-order chi connectivity index (χ1) is 8.35. The van der Waals surface area contributed by atoms with E-state index in [4.69, 9.17) is 5.26 Å². The van der Waals surface area contributed by atoms with Crippen molar-refractivity contribution < 1.29 is 0 Å². The molecule has 0 N–H and O–H groups in total.